The van der Waals surface area contributed by atoms with Crippen LogP contribution >= 0.6 is 0 Å². The van der Waals surface area contributed by atoms with Crippen molar-refractivity contribution in [2.24, 2.45) is 0 Å². The maximum Gasteiger partial charge on any atom is 0.0467 e. The fourth-order valence-corrected chi connectivity index (χ4v) is 11.1. The third-order valence-electron chi connectivity index (χ3n) is 15.1. The summed E-state index contributed by atoms with van der Waals surface area (Å²) in [6.45, 7) is 21.1. The molecular formula is C78H72N2. The van der Waals surface area contributed by atoms with Gasteiger partial charge in [0.15, 0.2) is 0 Å². The van der Waals surface area contributed by atoms with Gasteiger partial charge < -0.3 is 9.80 Å². The summed E-state index contributed by atoms with van der Waals surface area (Å²) >= 11 is 0. The van der Waals surface area contributed by atoms with Crippen LogP contribution in [0.4, 0.5) is 34.1 Å². The van der Waals surface area contributed by atoms with Gasteiger partial charge >= 0.3 is 0 Å². The van der Waals surface area contributed by atoms with Gasteiger partial charge in [-0.2, -0.15) is 0 Å². The van der Waals surface area contributed by atoms with E-state index in [4.69, 9.17) is 0 Å². The average molecular weight is 1040 g/mol. The van der Waals surface area contributed by atoms with Crippen LogP contribution in [0.1, 0.15) is 61.1 Å². The van der Waals surface area contributed by atoms with Gasteiger partial charge in [0.05, 0.1) is 0 Å². The Bertz CT molecular complexity index is 3820. The Kier molecular flexibility index (Phi) is 16.4. The number of rotatable bonds is 11. The fraction of sp³-hybridized carbons (Fsp3) is 0.128. The van der Waals surface area contributed by atoms with Crippen LogP contribution in [0.5, 0.6) is 0 Å². The summed E-state index contributed by atoms with van der Waals surface area (Å²) in [7, 11) is 0. The highest BCUT2D eigenvalue weighted by Gasteiger charge is 2.19. The average Bonchev–Trinajstić information content (AvgIpc) is 3.58. The van der Waals surface area contributed by atoms with E-state index in [0.717, 1.165) is 34.1 Å². The minimum Gasteiger partial charge on any atom is -0.310 e. The van der Waals surface area contributed by atoms with E-state index in [0.29, 0.717) is 0 Å². The summed E-state index contributed by atoms with van der Waals surface area (Å²) in [6.07, 6.45) is 0. The van der Waals surface area contributed by atoms with Gasteiger partial charge in [0.25, 0.3) is 0 Å². The van der Waals surface area contributed by atoms with Crippen LogP contribution in [0.3, 0.4) is 0 Å². The first-order chi connectivity index (χ1) is 39.1. The lowest BCUT2D eigenvalue weighted by Crippen LogP contribution is -2.10. The van der Waals surface area contributed by atoms with Crippen LogP contribution in [0.25, 0.3) is 77.2 Å². The molecule has 0 aromatic heterocycles. The molecule has 12 rings (SSSR count). The number of hydrogen-bond acceptors (Lipinski definition) is 2. The first kappa shape index (κ1) is 54.1. The van der Waals surface area contributed by atoms with E-state index in [2.05, 4.69) is 306 Å². The standard InChI is InChI=1S/C74H60N2.2C2H6/c1-49-19-25-55(26-20-49)57-35-39-65(40-36-57)75(67-15-7-11-51(3)43-67)69-17-9-13-61(45-69)63-33-31-59-29-23-53(5)73(71(59)47-63)74-54(6)24-30-60-32-34-64(48-72(60)74)62-14-10-18-70(46-62)76(68-16-8-12-52(4)44-68)66-41-37-58(38-42-66)56-27-21-50(2)22-28-56;2*1-2/h7-48H,1-6H3;2*1-2H3. The number of nitrogens with zero attached hydrogens (tertiary/aromatic N) is 2. The Morgan fingerprint density at radius 2 is 0.500 bits per heavy atom. The van der Waals surface area contributed by atoms with E-state index in [1.807, 2.05) is 27.7 Å². The van der Waals surface area contributed by atoms with E-state index in [1.165, 1.54) is 111 Å². The molecule has 0 aliphatic heterocycles. The zero-order valence-electron chi connectivity index (χ0n) is 48.1. The van der Waals surface area contributed by atoms with Crippen molar-refractivity contribution < 1.29 is 0 Å². The Labute approximate surface area is 475 Å². The normalized spacial score (nSPS) is 10.9. The Morgan fingerprint density at radius 1 is 0.212 bits per heavy atom. The summed E-state index contributed by atoms with van der Waals surface area (Å²) in [5.41, 5.74) is 26.2. The molecule has 0 aliphatic carbocycles. The predicted molar refractivity (Wildman–Crippen MR) is 349 cm³/mol. The topological polar surface area (TPSA) is 6.48 Å². The molecule has 0 fully saturated rings. The molecule has 2 heteroatoms. The first-order valence-electron chi connectivity index (χ1n) is 28.5. The summed E-state index contributed by atoms with van der Waals surface area (Å²) in [4.78, 5) is 4.76. The molecule has 0 atom stereocenters. The zero-order valence-corrected chi connectivity index (χ0v) is 48.1. The number of aryl methyl sites for hydroxylation is 6. The van der Waals surface area contributed by atoms with Crippen molar-refractivity contribution >= 4 is 55.7 Å². The van der Waals surface area contributed by atoms with Crippen molar-refractivity contribution in [3.05, 3.63) is 288 Å². The molecule has 12 aromatic carbocycles. The fourth-order valence-electron chi connectivity index (χ4n) is 11.1. The lowest BCUT2D eigenvalue weighted by molar-refractivity contribution is 1.27. The van der Waals surface area contributed by atoms with Crippen LogP contribution in [-0.2, 0) is 0 Å². The zero-order chi connectivity index (χ0) is 55.9. The molecule has 0 saturated heterocycles. The molecule has 0 radical (unpaired) electrons. The van der Waals surface area contributed by atoms with Gasteiger partial charge in [0.1, 0.15) is 0 Å². The Balaban J connectivity index is 0.00000176. The van der Waals surface area contributed by atoms with Crippen LogP contribution < -0.4 is 9.80 Å². The molecular weight excluding hydrogens is 965 g/mol. The minimum atomic E-state index is 1.11. The van der Waals surface area contributed by atoms with Crippen LogP contribution in [-0.4, -0.2) is 0 Å². The molecule has 0 bridgehead atoms. The maximum atomic E-state index is 2.42. The van der Waals surface area contributed by atoms with Crippen molar-refractivity contribution in [3.8, 4) is 55.6 Å². The quantitative estimate of drug-likeness (QED) is 0.127. The van der Waals surface area contributed by atoms with Gasteiger partial charge in [-0.05, 0) is 226 Å². The number of hydrogen-bond donors (Lipinski definition) is 0. The molecule has 0 saturated carbocycles. The van der Waals surface area contributed by atoms with Gasteiger partial charge in [0, 0.05) is 34.1 Å². The van der Waals surface area contributed by atoms with Gasteiger partial charge in [0.2, 0.25) is 0 Å². The summed E-state index contributed by atoms with van der Waals surface area (Å²) in [6, 6.07) is 94.3. The van der Waals surface area contributed by atoms with Gasteiger partial charge in [-0.3, -0.25) is 0 Å². The highest BCUT2D eigenvalue weighted by Crippen LogP contribution is 2.44. The predicted octanol–water partition coefficient (Wildman–Crippen LogP) is 23.2. The highest BCUT2D eigenvalue weighted by atomic mass is 15.1. The van der Waals surface area contributed by atoms with E-state index >= 15 is 0 Å². The largest absolute Gasteiger partial charge is 0.310 e. The summed E-state index contributed by atoms with van der Waals surface area (Å²) in [5, 5.41) is 4.93. The lowest BCUT2D eigenvalue weighted by Gasteiger charge is -2.26. The SMILES string of the molecule is CC.CC.Cc1ccc(-c2ccc(N(c3cccc(C)c3)c3cccc(-c4ccc5ccc(C)c(-c6c(C)ccc7ccc(-c8cccc(N(c9ccc(-c%10ccc(C)cc%10)cc9)c9cccc(C)c9)c8)cc67)c5c4)c3)cc2)cc1. The van der Waals surface area contributed by atoms with Crippen LogP contribution in [0.15, 0.2) is 255 Å². The number of fused-ring (bicyclic) bond motifs is 2. The maximum absolute atomic E-state index is 2.42. The third-order valence-corrected chi connectivity index (χ3v) is 15.1. The van der Waals surface area contributed by atoms with Crippen molar-refractivity contribution in [2.45, 2.75) is 69.2 Å². The molecule has 0 spiro atoms. The van der Waals surface area contributed by atoms with E-state index in [1.54, 1.807) is 0 Å². The number of benzene rings is 12. The highest BCUT2D eigenvalue weighted by molar-refractivity contribution is 6.09. The molecule has 0 heterocycles. The molecule has 0 aliphatic rings. The minimum absolute atomic E-state index is 1.11. The van der Waals surface area contributed by atoms with Crippen LogP contribution in [0.2, 0.25) is 0 Å². The van der Waals surface area contributed by atoms with Crippen molar-refractivity contribution in [3.63, 3.8) is 0 Å². The monoisotopic (exact) mass is 1040 g/mol. The van der Waals surface area contributed by atoms with Gasteiger partial charge in [-0.1, -0.05) is 209 Å². The molecule has 0 N–H and O–H groups in total. The second kappa shape index (κ2) is 24.2. The molecule has 0 amide bonds. The molecule has 12 aromatic rings. The Hall–Kier alpha value is -9.24. The number of anilines is 6. The first-order valence-corrected chi connectivity index (χ1v) is 28.5. The van der Waals surface area contributed by atoms with E-state index in [-0.39, 0.29) is 0 Å². The van der Waals surface area contributed by atoms with Crippen molar-refractivity contribution in [1.29, 1.82) is 0 Å². The smallest absolute Gasteiger partial charge is 0.0467 e. The van der Waals surface area contributed by atoms with Crippen molar-refractivity contribution in [1.82, 2.24) is 0 Å². The van der Waals surface area contributed by atoms with Gasteiger partial charge in [-0.15, -0.1) is 0 Å². The van der Waals surface area contributed by atoms with Crippen molar-refractivity contribution in [2.75, 3.05) is 9.80 Å². The second-order valence-corrected chi connectivity index (χ2v) is 20.7. The lowest BCUT2D eigenvalue weighted by atomic mass is 9.86. The summed E-state index contributed by atoms with van der Waals surface area (Å²) < 4.78 is 0. The molecule has 80 heavy (non-hydrogen) atoms. The molecule has 2 nitrogen and oxygen atoms in total. The van der Waals surface area contributed by atoms with E-state index < -0.39 is 0 Å². The van der Waals surface area contributed by atoms with Crippen LogP contribution in [0, 0.1) is 41.5 Å². The summed E-state index contributed by atoms with van der Waals surface area (Å²) in [5.74, 6) is 0. The van der Waals surface area contributed by atoms with Gasteiger partial charge in [-0.25, -0.2) is 0 Å². The second-order valence-electron chi connectivity index (χ2n) is 20.7. The third kappa shape index (κ3) is 11.4. The molecule has 394 valence electrons. The van der Waals surface area contributed by atoms with E-state index in [9.17, 15) is 0 Å². The molecule has 0 unspecified atom stereocenters. The Morgan fingerprint density at radius 3 is 0.850 bits per heavy atom.